The second-order valence-corrected chi connectivity index (χ2v) is 11.3. The third-order valence-electron chi connectivity index (χ3n) is 7.10. The van der Waals surface area contributed by atoms with Crippen molar-refractivity contribution in [2.24, 2.45) is 9.98 Å². The Hall–Kier alpha value is -4.44. The summed E-state index contributed by atoms with van der Waals surface area (Å²) in [4.78, 5) is 50.3. The van der Waals surface area contributed by atoms with Gasteiger partial charge in [0, 0.05) is 24.2 Å². The Balaban J connectivity index is 1.30. The maximum Gasteiger partial charge on any atom is 0.270 e. The van der Waals surface area contributed by atoms with Crippen LogP contribution in [-0.4, -0.2) is 52.0 Å². The first-order valence-electron chi connectivity index (χ1n) is 13.9. The zero-order valence-corrected chi connectivity index (χ0v) is 24.6. The smallest absolute Gasteiger partial charge is 0.270 e. The van der Waals surface area contributed by atoms with E-state index in [0.29, 0.717) is 29.7 Å². The molecule has 3 aromatic carbocycles. The van der Waals surface area contributed by atoms with E-state index in [-0.39, 0.29) is 30.6 Å². The number of thioether (sulfide) groups is 1. The van der Waals surface area contributed by atoms with Crippen LogP contribution in [0.5, 0.6) is 5.75 Å². The second-order valence-electron chi connectivity index (χ2n) is 10.1. The molecule has 0 spiro atoms. The van der Waals surface area contributed by atoms with Crippen molar-refractivity contribution < 1.29 is 19.1 Å². The molecular formula is C32H33N5O4S. The fourth-order valence-electron chi connectivity index (χ4n) is 4.85. The lowest BCUT2D eigenvalue weighted by molar-refractivity contribution is -0.122. The summed E-state index contributed by atoms with van der Waals surface area (Å²) >= 11 is 1.31. The molecule has 2 aliphatic rings. The highest BCUT2D eigenvalue weighted by atomic mass is 32.2. The van der Waals surface area contributed by atoms with Gasteiger partial charge in [0.05, 0.1) is 18.0 Å². The molecule has 216 valence electrons. The highest BCUT2D eigenvalue weighted by Crippen LogP contribution is 2.37. The number of para-hydroxylation sites is 1. The first-order valence-corrected chi connectivity index (χ1v) is 14.8. The van der Waals surface area contributed by atoms with Crippen molar-refractivity contribution in [1.82, 2.24) is 10.2 Å². The number of nitrogens with one attached hydrogen (secondary N) is 2. The highest BCUT2D eigenvalue weighted by Gasteiger charge is 2.42. The van der Waals surface area contributed by atoms with Crippen LogP contribution in [0.1, 0.15) is 42.9 Å². The zero-order valence-electron chi connectivity index (χ0n) is 23.8. The number of amides is 3. The van der Waals surface area contributed by atoms with Gasteiger partial charge in [0.25, 0.3) is 5.91 Å². The minimum atomic E-state index is -0.691. The molecule has 0 bridgehead atoms. The molecule has 0 saturated heterocycles. The van der Waals surface area contributed by atoms with Crippen LogP contribution in [0.2, 0.25) is 0 Å². The number of carbonyl (C=O) groups excluding carboxylic acids is 3. The maximum absolute atomic E-state index is 13.3. The van der Waals surface area contributed by atoms with Crippen molar-refractivity contribution >= 4 is 51.9 Å². The van der Waals surface area contributed by atoms with Crippen molar-refractivity contribution in [3.63, 3.8) is 0 Å². The summed E-state index contributed by atoms with van der Waals surface area (Å²) in [5.74, 6) is 0.616. The van der Waals surface area contributed by atoms with Crippen LogP contribution in [0.15, 0.2) is 82.8 Å². The van der Waals surface area contributed by atoms with Gasteiger partial charge >= 0.3 is 0 Å². The van der Waals surface area contributed by atoms with Crippen LogP contribution < -0.4 is 15.4 Å². The van der Waals surface area contributed by atoms with E-state index in [1.165, 1.54) is 11.8 Å². The summed E-state index contributed by atoms with van der Waals surface area (Å²) < 4.78 is 5.18. The first-order chi connectivity index (χ1) is 20.4. The van der Waals surface area contributed by atoms with Crippen molar-refractivity contribution in [2.75, 3.05) is 12.4 Å². The number of hydrogen-bond donors (Lipinski definition) is 2. The predicted octanol–water partition coefficient (Wildman–Crippen LogP) is 5.21. The number of amidine groups is 2. The molecule has 2 atom stereocenters. The largest absolute Gasteiger partial charge is 0.497 e. The third kappa shape index (κ3) is 6.54. The number of aliphatic imine (C=N–C) groups is 2. The number of aryl methyl sites for hydroxylation is 1. The standard InChI is InChI=1S/C32H33N5O4S/c1-4-27(31(40)34-22-9-7-8-20(2)18-22)42-32-35-25-11-6-5-10-24(25)29-36-30(39)26(37(29)32)16-17-28(38)33-19-21-12-14-23(41-3)15-13-21/h5-15,18,26-27H,4,16-17,19H2,1-3H3,(H,33,38)(H,34,40). The van der Waals surface area contributed by atoms with E-state index in [9.17, 15) is 14.4 Å². The van der Waals surface area contributed by atoms with Crippen LogP contribution in [0, 0.1) is 6.92 Å². The van der Waals surface area contributed by atoms with Gasteiger partial charge in [-0.05, 0) is 67.3 Å². The van der Waals surface area contributed by atoms with Gasteiger partial charge in [-0.15, -0.1) is 0 Å². The van der Waals surface area contributed by atoms with E-state index in [0.717, 1.165) is 28.1 Å². The number of carbonyl (C=O) groups is 3. The number of methoxy groups -OCH3 is 1. The Morgan fingerprint density at radius 2 is 1.83 bits per heavy atom. The van der Waals surface area contributed by atoms with Gasteiger partial charge in [0.15, 0.2) is 5.17 Å². The van der Waals surface area contributed by atoms with E-state index in [2.05, 4.69) is 15.6 Å². The quantitative estimate of drug-likeness (QED) is 0.339. The molecule has 42 heavy (non-hydrogen) atoms. The molecule has 2 N–H and O–H groups in total. The molecule has 0 radical (unpaired) electrons. The van der Waals surface area contributed by atoms with Crippen molar-refractivity contribution in [1.29, 1.82) is 0 Å². The molecule has 2 heterocycles. The zero-order chi connectivity index (χ0) is 29.6. The van der Waals surface area contributed by atoms with E-state index in [1.54, 1.807) is 12.0 Å². The Morgan fingerprint density at radius 1 is 1.05 bits per heavy atom. The number of benzene rings is 3. The SMILES string of the molecule is CCC(SC1=Nc2ccccc2C2=NC(=O)C(CCC(=O)NCc3ccc(OC)cc3)N12)C(=O)Nc1cccc(C)c1. The molecule has 0 saturated carbocycles. The fraction of sp³-hybridized carbons (Fsp3) is 0.281. The van der Waals surface area contributed by atoms with Crippen molar-refractivity contribution in [3.8, 4) is 5.75 Å². The summed E-state index contributed by atoms with van der Waals surface area (Å²) in [5.41, 5.74) is 4.16. The Kier molecular flexibility index (Phi) is 9.02. The second kappa shape index (κ2) is 13.0. The maximum atomic E-state index is 13.3. The number of fused-ring (bicyclic) bond motifs is 3. The van der Waals surface area contributed by atoms with Gasteiger partial charge in [-0.1, -0.05) is 55.1 Å². The van der Waals surface area contributed by atoms with Crippen LogP contribution in [0.3, 0.4) is 0 Å². The Labute approximate surface area is 249 Å². The molecule has 3 amide bonds. The molecule has 0 fully saturated rings. The normalized spacial score (nSPS) is 16.1. The highest BCUT2D eigenvalue weighted by molar-refractivity contribution is 8.15. The number of nitrogens with zero attached hydrogens (tertiary/aromatic N) is 3. The van der Waals surface area contributed by atoms with Crippen LogP contribution >= 0.6 is 11.8 Å². The molecule has 0 aliphatic carbocycles. The van der Waals surface area contributed by atoms with E-state index >= 15 is 0 Å². The Bertz CT molecular complexity index is 1550. The predicted molar refractivity (Wildman–Crippen MR) is 166 cm³/mol. The summed E-state index contributed by atoms with van der Waals surface area (Å²) in [7, 11) is 1.61. The summed E-state index contributed by atoms with van der Waals surface area (Å²) in [6, 6.07) is 21.9. The third-order valence-corrected chi connectivity index (χ3v) is 8.43. The minimum Gasteiger partial charge on any atom is -0.497 e. The average molecular weight is 584 g/mol. The van der Waals surface area contributed by atoms with Gasteiger partial charge in [0.1, 0.15) is 17.6 Å². The lowest BCUT2D eigenvalue weighted by Crippen LogP contribution is -2.45. The van der Waals surface area contributed by atoms with Gasteiger partial charge in [-0.2, -0.15) is 4.99 Å². The summed E-state index contributed by atoms with van der Waals surface area (Å²) in [6.45, 7) is 4.29. The van der Waals surface area contributed by atoms with E-state index < -0.39 is 11.3 Å². The molecule has 2 unspecified atom stereocenters. The molecule has 2 aliphatic heterocycles. The molecule has 3 aromatic rings. The van der Waals surface area contributed by atoms with Gasteiger partial charge in [0.2, 0.25) is 11.8 Å². The number of rotatable bonds is 10. The van der Waals surface area contributed by atoms with Crippen LogP contribution in [0.4, 0.5) is 11.4 Å². The van der Waals surface area contributed by atoms with Gasteiger partial charge < -0.3 is 15.4 Å². The van der Waals surface area contributed by atoms with Crippen molar-refractivity contribution in [3.05, 3.63) is 89.5 Å². The molecule has 0 aromatic heterocycles. The minimum absolute atomic E-state index is 0.135. The number of hydrogen-bond acceptors (Lipinski definition) is 7. The number of ether oxygens (including phenoxy) is 1. The monoisotopic (exact) mass is 583 g/mol. The van der Waals surface area contributed by atoms with Crippen LogP contribution in [-0.2, 0) is 20.9 Å². The summed E-state index contributed by atoms with van der Waals surface area (Å²) in [6.07, 6.45) is 0.945. The lowest BCUT2D eigenvalue weighted by Gasteiger charge is -2.32. The molecule has 9 nitrogen and oxygen atoms in total. The van der Waals surface area contributed by atoms with E-state index in [1.807, 2.05) is 86.6 Å². The van der Waals surface area contributed by atoms with E-state index in [4.69, 9.17) is 9.73 Å². The average Bonchev–Trinajstić information content (AvgIpc) is 3.34. The molecular weight excluding hydrogens is 550 g/mol. The van der Waals surface area contributed by atoms with Crippen LogP contribution in [0.25, 0.3) is 0 Å². The van der Waals surface area contributed by atoms with Crippen molar-refractivity contribution in [2.45, 2.75) is 50.9 Å². The topological polar surface area (TPSA) is 112 Å². The fourth-order valence-corrected chi connectivity index (χ4v) is 5.92. The molecule has 10 heteroatoms. The molecule has 5 rings (SSSR count). The lowest BCUT2D eigenvalue weighted by atomic mass is 10.1. The summed E-state index contributed by atoms with van der Waals surface area (Å²) in [5, 5.41) is 5.99. The van der Waals surface area contributed by atoms with Gasteiger partial charge in [-0.25, -0.2) is 4.99 Å². The number of anilines is 1. The van der Waals surface area contributed by atoms with Gasteiger partial charge in [-0.3, -0.25) is 19.3 Å². The Morgan fingerprint density at radius 3 is 2.57 bits per heavy atom. The first kappa shape index (κ1) is 29.1.